The average Bonchev–Trinajstić information content (AvgIpc) is 2.28. The van der Waals surface area contributed by atoms with Gasteiger partial charge in [-0.1, -0.05) is 12.5 Å². The van der Waals surface area contributed by atoms with E-state index >= 15 is 0 Å². The summed E-state index contributed by atoms with van der Waals surface area (Å²) in [7, 11) is 0. The zero-order chi connectivity index (χ0) is 12.3. The Balaban J connectivity index is 1.99. The number of hydrogen-bond donors (Lipinski definition) is 1. The smallest absolute Gasteiger partial charge is 0.271 e. The average molecular weight is 252 g/mol. The van der Waals surface area contributed by atoms with E-state index in [9.17, 15) is 10.1 Å². The molecule has 17 heavy (non-hydrogen) atoms. The van der Waals surface area contributed by atoms with Crippen LogP contribution in [-0.2, 0) is 0 Å². The van der Waals surface area contributed by atoms with Gasteiger partial charge in [0.25, 0.3) is 5.69 Å². The summed E-state index contributed by atoms with van der Waals surface area (Å²) < 4.78 is 0.338. The summed E-state index contributed by atoms with van der Waals surface area (Å²) in [6, 6.07) is 6.69. The summed E-state index contributed by atoms with van der Waals surface area (Å²) in [6.07, 6.45) is 5.89. The summed E-state index contributed by atoms with van der Waals surface area (Å²) in [5.74, 6) is 0. The molecule has 0 spiro atoms. The van der Waals surface area contributed by atoms with Crippen molar-refractivity contribution in [3.63, 3.8) is 0 Å². The first-order valence-electron chi connectivity index (χ1n) is 5.69. The number of anilines is 1. The zero-order valence-electron chi connectivity index (χ0n) is 9.81. The molecule has 2 rings (SSSR count). The lowest BCUT2D eigenvalue weighted by Crippen LogP contribution is -2.40. The minimum atomic E-state index is -0.362. The molecule has 0 aromatic heterocycles. The van der Waals surface area contributed by atoms with E-state index < -0.39 is 0 Å². The lowest BCUT2D eigenvalue weighted by Gasteiger charge is -2.40. The number of benzene rings is 1. The molecule has 1 aliphatic rings. The van der Waals surface area contributed by atoms with E-state index in [4.69, 9.17) is 0 Å². The Morgan fingerprint density at radius 2 is 2.29 bits per heavy atom. The number of nitro groups is 1. The van der Waals surface area contributed by atoms with Crippen LogP contribution in [0.5, 0.6) is 0 Å². The molecule has 0 unspecified atom stereocenters. The van der Waals surface area contributed by atoms with Crippen molar-refractivity contribution in [3.8, 4) is 0 Å². The normalized spacial score (nSPS) is 17.2. The molecule has 1 aromatic carbocycles. The molecule has 5 heteroatoms. The third-order valence-electron chi connectivity index (χ3n) is 3.37. The van der Waals surface area contributed by atoms with Gasteiger partial charge in [-0.3, -0.25) is 10.1 Å². The van der Waals surface area contributed by atoms with E-state index in [-0.39, 0.29) is 10.6 Å². The first-order chi connectivity index (χ1) is 8.15. The number of nitrogens with zero attached hydrogens (tertiary/aromatic N) is 1. The van der Waals surface area contributed by atoms with Crippen LogP contribution >= 0.6 is 11.8 Å². The molecule has 0 bridgehead atoms. The van der Waals surface area contributed by atoms with E-state index in [1.807, 2.05) is 17.8 Å². The van der Waals surface area contributed by atoms with Crippen molar-refractivity contribution in [2.24, 2.45) is 0 Å². The number of nitro benzene ring substituents is 1. The lowest BCUT2D eigenvalue weighted by atomic mass is 9.84. The van der Waals surface area contributed by atoms with Gasteiger partial charge in [-0.15, -0.1) is 0 Å². The quantitative estimate of drug-likeness (QED) is 0.645. The highest BCUT2D eigenvalue weighted by atomic mass is 32.2. The van der Waals surface area contributed by atoms with Gasteiger partial charge in [0.2, 0.25) is 0 Å². The molecule has 0 atom stereocenters. The number of thioether (sulfide) groups is 1. The maximum atomic E-state index is 10.7. The Labute approximate surface area is 105 Å². The Morgan fingerprint density at radius 1 is 1.53 bits per heavy atom. The second-order valence-corrected chi connectivity index (χ2v) is 5.68. The van der Waals surface area contributed by atoms with Gasteiger partial charge in [0.05, 0.1) is 4.92 Å². The Kier molecular flexibility index (Phi) is 3.57. The van der Waals surface area contributed by atoms with E-state index in [1.165, 1.54) is 25.3 Å². The van der Waals surface area contributed by atoms with Crippen LogP contribution in [0.1, 0.15) is 19.3 Å². The van der Waals surface area contributed by atoms with Gasteiger partial charge < -0.3 is 5.32 Å². The van der Waals surface area contributed by atoms with Gasteiger partial charge in [-0.05, 0) is 25.2 Å². The van der Waals surface area contributed by atoms with Crippen LogP contribution in [0.3, 0.4) is 0 Å². The Hall–Kier alpha value is -1.23. The lowest BCUT2D eigenvalue weighted by molar-refractivity contribution is -0.384. The largest absolute Gasteiger partial charge is 0.383 e. The molecule has 1 saturated carbocycles. The Bertz CT molecular complexity index is 413. The molecule has 0 amide bonds. The maximum Gasteiger partial charge on any atom is 0.271 e. The summed E-state index contributed by atoms with van der Waals surface area (Å²) in [4.78, 5) is 10.3. The summed E-state index contributed by atoms with van der Waals surface area (Å²) in [5.41, 5.74) is 0.973. The van der Waals surface area contributed by atoms with Crippen molar-refractivity contribution in [2.75, 3.05) is 18.1 Å². The third kappa shape index (κ3) is 2.72. The van der Waals surface area contributed by atoms with Gasteiger partial charge in [0.15, 0.2) is 0 Å². The summed E-state index contributed by atoms with van der Waals surface area (Å²) in [5, 5.41) is 14.0. The second-order valence-electron chi connectivity index (χ2n) is 4.40. The maximum absolute atomic E-state index is 10.7. The highest BCUT2D eigenvalue weighted by molar-refractivity contribution is 8.00. The molecule has 1 fully saturated rings. The van der Waals surface area contributed by atoms with Gasteiger partial charge in [-0.25, -0.2) is 0 Å². The number of nitrogens with one attached hydrogen (secondary N) is 1. The van der Waals surface area contributed by atoms with Crippen molar-refractivity contribution in [1.82, 2.24) is 0 Å². The molecule has 0 radical (unpaired) electrons. The van der Waals surface area contributed by atoms with Crippen LogP contribution < -0.4 is 5.32 Å². The van der Waals surface area contributed by atoms with Crippen LogP contribution in [0.25, 0.3) is 0 Å². The van der Waals surface area contributed by atoms with E-state index in [2.05, 4.69) is 11.6 Å². The predicted molar refractivity (Wildman–Crippen MR) is 71.7 cm³/mol. The molecular formula is C12H16N2O2S. The van der Waals surface area contributed by atoms with Gasteiger partial charge in [-0.2, -0.15) is 11.8 Å². The second kappa shape index (κ2) is 4.96. The van der Waals surface area contributed by atoms with E-state index in [0.29, 0.717) is 4.75 Å². The van der Waals surface area contributed by atoms with E-state index in [1.54, 1.807) is 12.1 Å². The number of hydrogen-bond acceptors (Lipinski definition) is 4. The van der Waals surface area contributed by atoms with Crippen LogP contribution in [0.2, 0.25) is 0 Å². The van der Waals surface area contributed by atoms with Crippen LogP contribution in [-0.4, -0.2) is 22.5 Å². The van der Waals surface area contributed by atoms with Gasteiger partial charge in [0.1, 0.15) is 0 Å². The van der Waals surface area contributed by atoms with Crippen molar-refractivity contribution in [1.29, 1.82) is 0 Å². The minimum absolute atomic E-state index is 0.141. The fraction of sp³-hybridized carbons (Fsp3) is 0.500. The van der Waals surface area contributed by atoms with Crippen LogP contribution in [0.15, 0.2) is 24.3 Å². The molecular weight excluding hydrogens is 236 g/mol. The van der Waals surface area contributed by atoms with Crippen molar-refractivity contribution >= 4 is 23.1 Å². The third-order valence-corrected chi connectivity index (χ3v) is 4.79. The van der Waals surface area contributed by atoms with Crippen molar-refractivity contribution in [2.45, 2.75) is 24.0 Å². The van der Waals surface area contributed by atoms with Gasteiger partial charge >= 0.3 is 0 Å². The van der Waals surface area contributed by atoms with Gasteiger partial charge in [0, 0.05) is 29.1 Å². The predicted octanol–water partition coefficient (Wildman–Crippen LogP) is 3.29. The number of rotatable bonds is 5. The minimum Gasteiger partial charge on any atom is -0.383 e. The fourth-order valence-corrected chi connectivity index (χ4v) is 2.93. The molecule has 1 aliphatic carbocycles. The molecule has 1 N–H and O–H groups in total. The fourth-order valence-electron chi connectivity index (χ4n) is 2.02. The van der Waals surface area contributed by atoms with Crippen LogP contribution in [0, 0.1) is 10.1 Å². The Morgan fingerprint density at radius 3 is 2.82 bits per heavy atom. The SMILES string of the molecule is CSC1(CNc2cccc([N+](=O)[O-])c2)CCC1. The first kappa shape index (κ1) is 12.2. The van der Waals surface area contributed by atoms with Crippen molar-refractivity contribution in [3.05, 3.63) is 34.4 Å². The topological polar surface area (TPSA) is 55.2 Å². The molecule has 0 aliphatic heterocycles. The molecule has 1 aromatic rings. The highest BCUT2D eigenvalue weighted by Gasteiger charge is 2.35. The standard InChI is InChI=1S/C12H16N2O2S/c1-17-12(6-3-7-12)9-13-10-4-2-5-11(8-10)14(15)16/h2,4-5,8,13H,3,6-7,9H2,1H3. The van der Waals surface area contributed by atoms with Crippen LogP contribution in [0.4, 0.5) is 11.4 Å². The number of non-ortho nitro benzene ring substituents is 1. The molecule has 4 nitrogen and oxygen atoms in total. The molecule has 0 heterocycles. The van der Waals surface area contributed by atoms with Crippen molar-refractivity contribution < 1.29 is 4.92 Å². The summed E-state index contributed by atoms with van der Waals surface area (Å²) in [6.45, 7) is 0.884. The monoisotopic (exact) mass is 252 g/mol. The molecule has 0 saturated heterocycles. The summed E-state index contributed by atoms with van der Waals surface area (Å²) >= 11 is 1.89. The molecule has 92 valence electrons. The van der Waals surface area contributed by atoms with E-state index in [0.717, 1.165) is 12.2 Å². The zero-order valence-corrected chi connectivity index (χ0v) is 10.6. The first-order valence-corrected chi connectivity index (χ1v) is 6.91. The highest BCUT2D eigenvalue weighted by Crippen LogP contribution is 2.42.